The van der Waals surface area contributed by atoms with Crippen molar-refractivity contribution in [3.8, 4) is 5.75 Å². The van der Waals surface area contributed by atoms with Gasteiger partial charge < -0.3 is 24.7 Å². The molecular formula is C22H36IN5O2. The monoisotopic (exact) mass is 529 g/mol. The van der Waals surface area contributed by atoms with Crippen LogP contribution in [0.4, 0.5) is 0 Å². The molecular weight excluding hydrogens is 493 g/mol. The number of halogens is 1. The van der Waals surface area contributed by atoms with Gasteiger partial charge in [0.05, 0.1) is 19.3 Å². The molecule has 1 aromatic carbocycles. The average Bonchev–Trinajstić information content (AvgIpc) is 3.16. The second-order valence-corrected chi connectivity index (χ2v) is 8.30. The number of hydrogen-bond acceptors (Lipinski definition) is 5. The maximum Gasteiger partial charge on any atom is 0.213 e. The van der Waals surface area contributed by atoms with Gasteiger partial charge in [-0.1, -0.05) is 32.9 Å². The molecule has 0 aliphatic rings. The minimum absolute atomic E-state index is 0. The van der Waals surface area contributed by atoms with E-state index in [1.54, 1.807) is 13.2 Å². The van der Waals surface area contributed by atoms with Crippen LogP contribution in [-0.4, -0.2) is 50.1 Å². The van der Waals surface area contributed by atoms with Crippen molar-refractivity contribution >= 4 is 29.9 Å². The average molecular weight is 529 g/mol. The van der Waals surface area contributed by atoms with Gasteiger partial charge in [0.15, 0.2) is 5.96 Å². The number of ether oxygens (including phenoxy) is 1. The number of aromatic nitrogens is 1. The van der Waals surface area contributed by atoms with Crippen LogP contribution in [0.25, 0.3) is 0 Å². The van der Waals surface area contributed by atoms with E-state index >= 15 is 0 Å². The molecule has 0 bridgehead atoms. The van der Waals surface area contributed by atoms with Crippen LogP contribution in [0.15, 0.2) is 39.9 Å². The van der Waals surface area contributed by atoms with E-state index in [1.165, 1.54) is 0 Å². The molecule has 0 saturated heterocycles. The highest BCUT2D eigenvalue weighted by molar-refractivity contribution is 14.0. The lowest BCUT2D eigenvalue weighted by Gasteiger charge is -2.13. The van der Waals surface area contributed by atoms with Gasteiger partial charge in [-0.2, -0.15) is 0 Å². The minimum Gasteiger partial charge on any atom is -0.494 e. The topological polar surface area (TPSA) is 74.9 Å². The minimum atomic E-state index is -0.0482. The van der Waals surface area contributed by atoms with Gasteiger partial charge in [0.1, 0.15) is 11.5 Å². The molecule has 2 N–H and O–H groups in total. The molecule has 0 unspecified atom stereocenters. The number of nitrogens with zero attached hydrogens (tertiary/aromatic N) is 3. The molecule has 0 atom stereocenters. The Morgan fingerprint density at radius 1 is 1.13 bits per heavy atom. The fourth-order valence-electron chi connectivity index (χ4n) is 2.58. The van der Waals surface area contributed by atoms with Crippen molar-refractivity contribution < 1.29 is 9.15 Å². The smallest absolute Gasteiger partial charge is 0.213 e. The Bertz CT molecular complexity index is 767. The van der Waals surface area contributed by atoms with E-state index in [0.29, 0.717) is 24.9 Å². The van der Waals surface area contributed by atoms with Gasteiger partial charge in [0, 0.05) is 25.6 Å². The van der Waals surface area contributed by atoms with Gasteiger partial charge in [-0.3, -0.25) is 4.99 Å². The fraction of sp³-hybridized carbons (Fsp3) is 0.545. The lowest BCUT2D eigenvalue weighted by molar-refractivity contribution is 0.281. The van der Waals surface area contributed by atoms with Gasteiger partial charge in [0.25, 0.3) is 0 Å². The van der Waals surface area contributed by atoms with E-state index < -0.39 is 0 Å². The summed E-state index contributed by atoms with van der Waals surface area (Å²) in [7, 11) is 5.88. The van der Waals surface area contributed by atoms with Crippen LogP contribution >= 0.6 is 24.0 Å². The number of guanidine groups is 1. The van der Waals surface area contributed by atoms with E-state index in [4.69, 9.17) is 9.15 Å². The van der Waals surface area contributed by atoms with E-state index in [-0.39, 0.29) is 29.4 Å². The van der Waals surface area contributed by atoms with E-state index in [0.717, 1.165) is 36.6 Å². The number of aliphatic imine (C=N–C) groups is 1. The summed E-state index contributed by atoms with van der Waals surface area (Å²) in [6, 6.07) is 8.13. The van der Waals surface area contributed by atoms with Crippen LogP contribution in [-0.2, 0) is 18.5 Å². The summed E-state index contributed by atoms with van der Waals surface area (Å²) in [5.41, 5.74) is 1.10. The van der Waals surface area contributed by atoms with E-state index in [9.17, 15) is 0 Å². The van der Waals surface area contributed by atoms with Gasteiger partial charge in [-0.05, 0) is 38.2 Å². The first-order chi connectivity index (χ1) is 13.8. The Kier molecular flexibility index (Phi) is 11.2. The molecule has 0 spiro atoms. The molecule has 1 heterocycles. The quantitative estimate of drug-likeness (QED) is 0.223. The Balaban J connectivity index is 0.00000450. The first kappa shape index (κ1) is 26.2. The van der Waals surface area contributed by atoms with Crippen LogP contribution in [0.5, 0.6) is 5.75 Å². The summed E-state index contributed by atoms with van der Waals surface area (Å²) in [6.07, 6.45) is 2.80. The first-order valence-electron chi connectivity index (χ1n) is 10.0. The number of nitrogens with one attached hydrogen (secondary N) is 2. The van der Waals surface area contributed by atoms with Gasteiger partial charge in [-0.15, -0.1) is 24.0 Å². The third-order valence-corrected chi connectivity index (χ3v) is 4.33. The zero-order chi connectivity index (χ0) is 21.3. The molecule has 0 fully saturated rings. The van der Waals surface area contributed by atoms with Gasteiger partial charge >= 0.3 is 0 Å². The van der Waals surface area contributed by atoms with Crippen molar-refractivity contribution in [1.29, 1.82) is 0 Å². The van der Waals surface area contributed by atoms with Crippen molar-refractivity contribution in [3.63, 3.8) is 0 Å². The molecule has 8 heteroatoms. The highest BCUT2D eigenvalue weighted by Gasteiger charge is 2.19. The summed E-state index contributed by atoms with van der Waals surface area (Å²) >= 11 is 0. The first-order valence-corrected chi connectivity index (χ1v) is 10.0. The predicted molar refractivity (Wildman–Crippen MR) is 133 cm³/mol. The zero-order valence-corrected chi connectivity index (χ0v) is 21.3. The van der Waals surface area contributed by atoms with Crippen LogP contribution in [0.3, 0.4) is 0 Å². The second kappa shape index (κ2) is 12.8. The highest BCUT2D eigenvalue weighted by Crippen LogP contribution is 2.22. The van der Waals surface area contributed by atoms with E-state index in [2.05, 4.69) is 72.5 Å². The lowest BCUT2D eigenvalue weighted by atomic mass is 9.94. The molecule has 0 aliphatic carbocycles. The lowest BCUT2D eigenvalue weighted by Crippen LogP contribution is -2.36. The van der Waals surface area contributed by atoms with Crippen molar-refractivity contribution in [2.24, 2.45) is 4.99 Å². The van der Waals surface area contributed by atoms with Crippen molar-refractivity contribution in [2.45, 2.75) is 45.7 Å². The van der Waals surface area contributed by atoms with Crippen LogP contribution in [0.1, 0.15) is 44.4 Å². The molecule has 0 aliphatic heterocycles. The highest BCUT2D eigenvalue weighted by atomic mass is 127. The van der Waals surface area contributed by atoms with Crippen molar-refractivity contribution in [3.05, 3.63) is 47.7 Å². The second-order valence-electron chi connectivity index (χ2n) is 8.30. The van der Waals surface area contributed by atoms with Crippen LogP contribution in [0.2, 0.25) is 0 Å². The number of hydrogen-bond donors (Lipinski definition) is 2. The third kappa shape index (κ3) is 9.34. The predicted octanol–water partition coefficient (Wildman–Crippen LogP) is 3.79. The molecule has 0 saturated carbocycles. The Morgan fingerprint density at radius 3 is 2.37 bits per heavy atom. The summed E-state index contributed by atoms with van der Waals surface area (Å²) in [5, 5.41) is 6.53. The Labute approximate surface area is 197 Å². The fourth-order valence-corrected chi connectivity index (χ4v) is 2.58. The molecule has 7 nitrogen and oxygen atoms in total. The molecule has 2 aromatic rings. The van der Waals surface area contributed by atoms with Crippen molar-refractivity contribution in [2.75, 3.05) is 34.3 Å². The molecule has 30 heavy (non-hydrogen) atoms. The number of rotatable bonds is 9. The summed E-state index contributed by atoms with van der Waals surface area (Å²) in [5.74, 6) is 3.12. The normalized spacial score (nSPS) is 11.9. The molecule has 0 amide bonds. The molecule has 2 rings (SSSR count). The summed E-state index contributed by atoms with van der Waals surface area (Å²) in [4.78, 5) is 10.7. The molecule has 168 valence electrons. The van der Waals surface area contributed by atoms with Crippen LogP contribution < -0.4 is 15.4 Å². The number of benzene rings is 1. The maximum atomic E-state index is 5.80. The van der Waals surface area contributed by atoms with Crippen molar-refractivity contribution in [1.82, 2.24) is 20.5 Å². The maximum absolute atomic E-state index is 5.80. The SMILES string of the molecule is CN=C(NCc1ccc(OCCCN(C)C)cc1)NCc1ncc(C(C)(C)C)o1.I. The largest absolute Gasteiger partial charge is 0.494 e. The van der Waals surface area contributed by atoms with Gasteiger partial charge in [-0.25, -0.2) is 4.98 Å². The van der Waals surface area contributed by atoms with Gasteiger partial charge in [0.2, 0.25) is 5.89 Å². The van der Waals surface area contributed by atoms with Crippen LogP contribution in [0, 0.1) is 0 Å². The Morgan fingerprint density at radius 2 is 1.80 bits per heavy atom. The third-order valence-electron chi connectivity index (χ3n) is 4.33. The summed E-state index contributed by atoms with van der Waals surface area (Å²) in [6.45, 7) is 9.21. The number of oxazole rings is 1. The van der Waals surface area contributed by atoms with E-state index in [1.807, 2.05) is 12.1 Å². The zero-order valence-electron chi connectivity index (χ0n) is 19.0. The standard InChI is InChI=1S/C22H35N5O2.HI/c1-22(2,3)19-15-24-20(29-19)16-26-21(23-4)25-14-17-8-10-18(11-9-17)28-13-7-12-27(5)6;/h8-11,15H,7,12-14,16H2,1-6H3,(H2,23,25,26);1H. The molecule has 0 radical (unpaired) electrons. The molecule has 1 aromatic heterocycles. The Hall–Kier alpha value is -1.81. The summed E-state index contributed by atoms with van der Waals surface area (Å²) < 4.78 is 11.6.